The third-order valence-electron chi connectivity index (χ3n) is 3.01. The Kier molecular flexibility index (Phi) is 4.42. The average Bonchev–Trinajstić information content (AvgIpc) is 2.64. The van der Waals surface area contributed by atoms with Gasteiger partial charge in [0.25, 0.3) is 5.56 Å². The van der Waals surface area contributed by atoms with Gasteiger partial charge in [-0.25, -0.2) is 4.68 Å². The highest BCUT2D eigenvalue weighted by Crippen LogP contribution is 2.25. The molecule has 0 fully saturated rings. The molecular formula is C13H15Cl2N3O2. The molecule has 0 saturated heterocycles. The van der Waals surface area contributed by atoms with E-state index in [9.17, 15) is 4.79 Å². The van der Waals surface area contributed by atoms with Gasteiger partial charge in [0.15, 0.2) is 0 Å². The molecule has 2 rings (SSSR count). The van der Waals surface area contributed by atoms with E-state index in [4.69, 9.17) is 33.7 Å². The van der Waals surface area contributed by atoms with E-state index in [-0.39, 0.29) is 17.9 Å². The molecule has 0 aliphatic heterocycles. The lowest BCUT2D eigenvalue weighted by Gasteiger charge is -2.13. The predicted octanol–water partition coefficient (Wildman–Crippen LogP) is 2.69. The van der Waals surface area contributed by atoms with Gasteiger partial charge in [-0.15, -0.1) is 0 Å². The maximum absolute atomic E-state index is 12.4. The number of hydrogen-bond donors (Lipinski definition) is 1. The van der Waals surface area contributed by atoms with Crippen LogP contribution in [0.1, 0.15) is 12.6 Å². The standard InChI is InChI=1S/C13H15Cl2N3O2/c1-3-17-11(7-20-2)12(16)13(19)18(17)10-5-4-8(14)6-9(10)15/h4-6H,3,7,16H2,1-2H3. The van der Waals surface area contributed by atoms with Crippen LogP contribution in [-0.2, 0) is 17.9 Å². The Morgan fingerprint density at radius 3 is 2.60 bits per heavy atom. The highest BCUT2D eigenvalue weighted by atomic mass is 35.5. The molecule has 5 nitrogen and oxygen atoms in total. The Morgan fingerprint density at radius 1 is 1.35 bits per heavy atom. The monoisotopic (exact) mass is 315 g/mol. The van der Waals surface area contributed by atoms with Crippen molar-refractivity contribution in [3.63, 3.8) is 0 Å². The average molecular weight is 316 g/mol. The van der Waals surface area contributed by atoms with Gasteiger partial charge in [0, 0.05) is 18.7 Å². The third-order valence-corrected chi connectivity index (χ3v) is 3.54. The summed E-state index contributed by atoms with van der Waals surface area (Å²) in [4.78, 5) is 12.4. The number of halogens is 2. The number of methoxy groups -OCH3 is 1. The first-order valence-electron chi connectivity index (χ1n) is 6.05. The molecule has 7 heteroatoms. The Hall–Kier alpha value is -1.43. The van der Waals surface area contributed by atoms with E-state index < -0.39 is 0 Å². The minimum atomic E-state index is -0.317. The third kappa shape index (κ3) is 2.44. The van der Waals surface area contributed by atoms with Gasteiger partial charge in [0.2, 0.25) is 0 Å². The maximum Gasteiger partial charge on any atom is 0.294 e. The van der Waals surface area contributed by atoms with Crippen LogP contribution in [-0.4, -0.2) is 16.5 Å². The molecule has 0 aliphatic carbocycles. The number of anilines is 1. The number of benzene rings is 1. The van der Waals surface area contributed by atoms with Crippen molar-refractivity contribution in [1.82, 2.24) is 9.36 Å². The Bertz CT molecular complexity index is 692. The van der Waals surface area contributed by atoms with Crippen molar-refractivity contribution in [2.75, 3.05) is 12.8 Å². The van der Waals surface area contributed by atoms with Crippen LogP contribution in [0.3, 0.4) is 0 Å². The van der Waals surface area contributed by atoms with Crippen LogP contribution in [0.4, 0.5) is 5.69 Å². The number of ether oxygens (including phenoxy) is 1. The molecule has 1 aromatic carbocycles. The van der Waals surface area contributed by atoms with Crippen LogP contribution in [0.2, 0.25) is 10.0 Å². The lowest BCUT2D eigenvalue weighted by Crippen LogP contribution is -2.22. The predicted molar refractivity (Wildman–Crippen MR) is 80.8 cm³/mol. The van der Waals surface area contributed by atoms with Gasteiger partial charge in [-0.3, -0.25) is 9.48 Å². The summed E-state index contributed by atoms with van der Waals surface area (Å²) in [6.45, 7) is 2.73. The van der Waals surface area contributed by atoms with E-state index in [2.05, 4.69) is 0 Å². The van der Waals surface area contributed by atoms with E-state index in [1.807, 2.05) is 6.92 Å². The zero-order chi connectivity index (χ0) is 14.9. The summed E-state index contributed by atoms with van der Waals surface area (Å²) in [5.41, 5.74) is 6.90. The van der Waals surface area contributed by atoms with Gasteiger partial charge in [-0.1, -0.05) is 23.2 Å². The van der Waals surface area contributed by atoms with E-state index in [0.717, 1.165) is 0 Å². The fourth-order valence-electron chi connectivity index (χ4n) is 2.12. The van der Waals surface area contributed by atoms with Gasteiger partial charge < -0.3 is 10.5 Å². The van der Waals surface area contributed by atoms with Crippen molar-refractivity contribution in [2.45, 2.75) is 20.1 Å². The first-order valence-corrected chi connectivity index (χ1v) is 6.81. The van der Waals surface area contributed by atoms with E-state index in [1.54, 1.807) is 30.0 Å². The number of rotatable bonds is 4. The summed E-state index contributed by atoms with van der Waals surface area (Å²) >= 11 is 12.1. The molecule has 2 aromatic rings. The second kappa shape index (κ2) is 5.91. The van der Waals surface area contributed by atoms with Crippen LogP contribution in [0.5, 0.6) is 0 Å². The van der Waals surface area contributed by atoms with Crippen LogP contribution in [0.25, 0.3) is 5.69 Å². The molecule has 0 bridgehead atoms. The highest BCUT2D eigenvalue weighted by molar-refractivity contribution is 6.35. The minimum Gasteiger partial charge on any atom is -0.393 e. The largest absolute Gasteiger partial charge is 0.393 e. The fourth-order valence-corrected chi connectivity index (χ4v) is 2.61. The number of nitrogens with zero attached hydrogens (tertiary/aromatic N) is 2. The molecule has 0 spiro atoms. The number of nitrogens with two attached hydrogens (primary N) is 1. The molecule has 20 heavy (non-hydrogen) atoms. The van der Waals surface area contributed by atoms with Crippen molar-refractivity contribution in [3.8, 4) is 5.69 Å². The molecule has 0 radical (unpaired) electrons. The van der Waals surface area contributed by atoms with Crippen LogP contribution in [0, 0.1) is 0 Å². The lowest BCUT2D eigenvalue weighted by molar-refractivity contribution is 0.176. The maximum atomic E-state index is 12.4. The summed E-state index contributed by atoms with van der Waals surface area (Å²) in [6.07, 6.45) is 0. The van der Waals surface area contributed by atoms with E-state index in [1.165, 1.54) is 4.68 Å². The normalized spacial score (nSPS) is 11.0. The van der Waals surface area contributed by atoms with Crippen LogP contribution in [0.15, 0.2) is 23.0 Å². The zero-order valence-corrected chi connectivity index (χ0v) is 12.7. The first kappa shape index (κ1) is 15.0. The first-order chi connectivity index (χ1) is 9.51. The summed E-state index contributed by atoms with van der Waals surface area (Å²) < 4.78 is 8.29. The number of hydrogen-bond acceptors (Lipinski definition) is 3. The van der Waals surface area contributed by atoms with Crippen molar-refractivity contribution in [1.29, 1.82) is 0 Å². The van der Waals surface area contributed by atoms with Crippen molar-refractivity contribution < 1.29 is 4.74 Å². The highest BCUT2D eigenvalue weighted by Gasteiger charge is 2.19. The van der Waals surface area contributed by atoms with Gasteiger partial charge >= 0.3 is 0 Å². The molecule has 0 atom stereocenters. The second-order valence-corrected chi connectivity index (χ2v) is 5.07. The summed E-state index contributed by atoms with van der Waals surface area (Å²) in [6, 6.07) is 4.95. The second-order valence-electron chi connectivity index (χ2n) is 4.22. The van der Waals surface area contributed by atoms with Gasteiger partial charge in [-0.05, 0) is 25.1 Å². The Labute approximate surface area is 126 Å². The minimum absolute atomic E-state index is 0.166. The summed E-state index contributed by atoms with van der Waals surface area (Å²) in [7, 11) is 1.55. The van der Waals surface area contributed by atoms with Crippen molar-refractivity contribution in [3.05, 3.63) is 44.3 Å². The molecule has 1 heterocycles. The fraction of sp³-hybridized carbons (Fsp3) is 0.308. The molecule has 0 unspecified atom stereocenters. The molecule has 0 saturated carbocycles. The molecule has 2 N–H and O–H groups in total. The molecule has 0 amide bonds. The van der Waals surface area contributed by atoms with Gasteiger partial charge in [0.05, 0.1) is 23.0 Å². The van der Waals surface area contributed by atoms with Crippen molar-refractivity contribution >= 4 is 28.9 Å². The summed E-state index contributed by atoms with van der Waals surface area (Å²) in [5.74, 6) is 0. The SMILES string of the molecule is CCn1c(COC)c(N)c(=O)n1-c1ccc(Cl)cc1Cl. The Balaban J connectivity index is 2.73. The van der Waals surface area contributed by atoms with Crippen LogP contribution < -0.4 is 11.3 Å². The number of nitrogen functional groups attached to an aromatic ring is 1. The topological polar surface area (TPSA) is 62.2 Å². The zero-order valence-electron chi connectivity index (χ0n) is 11.2. The Morgan fingerprint density at radius 2 is 2.05 bits per heavy atom. The number of aromatic nitrogens is 2. The quantitative estimate of drug-likeness (QED) is 0.943. The molecular weight excluding hydrogens is 301 g/mol. The lowest BCUT2D eigenvalue weighted by atomic mass is 10.3. The molecule has 0 aliphatic rings. The van der Waals surface area contributed by atoms with E-state index >= 15 is 0 Å². The smallest absolute Gasteiger partial charge is 0.294 e. The van der Waals surface area contributed by atoms with E-state index in [0.29, 0.717) is 28.0 Å². The molecule has 108 valence electrons. The van der Waals surface area contributed by atoms with Crippen LogP contribution >= 0.6 is 23.2 Å². The van der Waals surface area contributed by atoms with Crippen molar-refractivity contribution in [2.24, 2.45) is 0 Å². The molecule has 1 aromatic heterocycles. The van der Waals surface area contributed by atoms with Gasteiger partial charge in [0.1, 0.15) is 5.69 Å². The van der Waals surface area contributed by atoms with Gasteiger partial charge in [-0.2, -0.15) is 0 Å². The summed E-state index contributed by atoms with van der Waals surface area (Å²) in [5, 5.41) is 0.891.